The summed E-state index contributed by atoms with van der Waals surface area (Å²) in [4.78, 5) is 30.2. The Morgan fingerprint density at radius 1 is 1.10 bits per heavy atom. The molecule has 1 aliphatic carbocycles. The maximum atomic E-state index is 12.8. The number of nitrogens with zero attached hydrogens (tertiary/aromatic N) is 3. The average Bonchev–Trinajstić information content (AvgIpc) is 3.51. The van der Waals surface area contributed by atoms with E-state index in [9.17, 15) is 22.8 Å². The van der Waals surface area contributed by atoms with Crippen LogP contribution >= 0.6 is 0 Å². The first kappa shape index (κ1) is 21.6. The van der Waals surface area contributed by atoms with E-state index >= 15 is 0 Å². The van der Waals surface area contributed by atoms with Gasteiger partial charge in [-0.15, -0.1) is 0 Å². The Labute approximate surface area is 168 Å². The summed E-state index contributed by atoms with van der Waals surface area (Å²) >= 11 is 0. The first-order valence-electron chi connectivity index (χ1n) is 9.72. The van der Waals surface area contributed by atoms with Gasteiger partial charge in [0.1, 0.15) is 6.61 Å². The van der Waals surface area contributed by atoms with Crippen LogP contribution < -0.4 is 0 Å². The monoisotopic (exact) mass is 413 g/mol. The predicted octanol–water partition coefficient (Wildman–Crippen LogP) is 1.99. The van der Waals surface area contributed by atoms with Crippen molar-refractivity contribution in [1.29, 1.82) is 0 Å². The van der Waals surface area contributed by atoms with Gasteiger partial charge in [0.25, 0.3) is 0 Å². The number of hydrogen-bond donors (Lipinski definition) is 0. The second-order valence-electron chi connectivity index (χ2n) is 7.54. The molecule has 2 aliphatic rings. The van der Waals surface area contributed by atoms with Gasteiger partial charge in [0.15, 0.2) is 0 Å². The normalized spacial score (nSPS) is 18.0. The molecule has 9 heteroatoms. The Kier molecular flexibility index (Phi) is 6.79. The van der Waals surface area contributed by atoms with E-state index in [1.54, 1.807) is 9.80 Å². The highest BCUT2D eigenvalue weighted by molar-refractivity contribution is 5.79. The second kappa shape index (κ2) is 9.13. The Bertz CT molecular complexity index is 712. The number of piperazine rings is 1. The van der Waals surface area contributed by atoms with Crippen molar-refractivity contribution in [2.75, 3.05) is 46.4 Å². The summed E-state index contributed by atoms with van der Waals surface area (Å²) in [5.41, 5.74) is -0.000304. The van der Waals surface area contributed by atoms with Crippen LogP contribution in [0.3, 0.4) is 0 Å². The van der Waals surface area contributed by atoms with Crippen molar-refractivity contribution in [3.05, 3.63) is 35.4 Å². The number of hydrogen-bond acceptors (Lipinski definition) is 4. The lowest BCUT2D eigenvalue weighted by Gasteiger charge is -2.35. The Morgan fingerprint density at radius 2 is 1.72 bits per heavy atom. The number of methoxy groups -OCH3 is 1. The molecule has 2 amide bonds. The molecule has 1 saturated heterocycles. The molecular weight excluding hydrogens is 387 g/mol. The predicted molar refractivity (Wildman–Crippen MR) is 99.9 cm³/mol. The minimum Gasteiger partial charge on any atom is -0.375 e. The average molecular weight is 413 g/mol. The number of carbonyl (C=O) groups is 2. The molecule has 1 saturated carbocycles. The van der Waals surface area contributed by atoms with Crippen molar-refractivity contribution in [3.8, 4) is 0 Å². The van der Waals surface area contributed by atoms with Gasteiger partial charge in [0, 0.05) is 45.9 Å². The smallest absolute Gasteiger partial charge is 0.375 e. The topological polar surface area (TPSA) is 53.1 Å². The quantitative estimate of drug-likeness (QED) is 0.686. The summed E-state index contributed by atoms with van der Waals surface area (Å²) in [5.74, 6) is -0.0792. The van der Waals surface area contributed by atoms with Gasteiger partial charge >= 0.3 is 6.18 Å². The molecule has 29 heavy (non-hydrogen) atoms. The third kappa shape index (κ3) is 5.93. The maximum absolute atomic E-state index is 12.8. The van der Waals surface area contributed by atoms with Crippen LogP contribution in [0.15, 0.2) is 24.3 Å². The lowest BCUT2D eigenvalue weighted by molar-refractivity contribution is -0.139. The standard InChI is InChI=1S/C20H26F3N3O3/c1-29-14-19(28)25-10-8-24(9-11-25)13-18(27)26(17-6-7-17)12-15-2-4-16(5-3-15)20(21,22)23/h2-5,17H,6-14H2,1H3. The van der Waals surface area contributed by atoms with E-state index in [4.69, 9.17) is 4.74 Å². The van der Waals surface area contributed by atoms with Crippen molar-refractivity contribution < 1.29 is 27.5 Å². The van der Waals surface area contributed by atoms with Crippen molar-refractivity contribution in [2.45, 2.75) is 31.6 Å². The molecule has 3 rings (SSSR count). The number of benzene rings is 1. The van der Waals surface area contributed by atoms with Crippen molar-refractivity contribution in [2.24, 2.45) is 0 Å². The van der Waals surface area contributed by atoms with Crippen molar-refractivity contribution in [3.63, 3.8) is 0 Å². The molecule has 0 N–H and O–H groups in total. The van der Waals surface area contributed by atoms with Crippen LogP contribution in [0.25, 0.3) is 0 Å². The highest BCUT2D eigenvalue weighted by atomic mass is 19.4. The second-order valence-corrected chi connectivity index (χ2v) is 7.54. The summed E-state index contributed by atoms with van der Waals surface area (Å²) in [5, 5.41) is 0. The van der Waals surface area contributed by atoms with Crippen LogP contribution in [-0.4, -0.2) is 79.0 Å². The SMILES string of the molecule is COCC(=O)N1CCN(CC(=O)N(Cc2ccc(C(F)(F)F)cc2)C2CC2)CC1. The zero-order valence-corrected chi connectivity index (χ0v) is 16.5. The summed E-state index contributed by atoms with van der Waals surface area (Å²) in [6.07, 6.45) is -2.52. The molecule has 1 aromatic carbocycles. The van der Waals surface area contributed by atoms with Gasteiger partial charge in [-0.1, -0.05) is 12.1 Å². The Balaban J connectivity index is 1.54. The summed E-state index contributed by atoms with van der Waals surface area (Å²) in [6, 6.07) is 5.15. The van der Waals surface area contributed by atoms with Crippen molar-refractivity contribution in [1.82, 2.24) is 14.7 Å². The molecule has 0 atom stereocenters. The van der Waals surface area contributed by atoms with Gasteiger partial charge in [-0.3, -0.25) is 14.5 Å². The van der Waals surface area contributed by atoms with E-state index < -0.39 is 11.7 Å². The largest absolute Gasteiger partial charge is 0.416 e. The molecule has 1 aromatic rings. The molecule has 1 heterocycles. The van der Waals surface area contributed by atoms with Crippen LogP contribution in [0.2, 0.25) is 0 Å². The Morgan fingerprint density at radius 3 is 2.24 bits per heavy atom. The highest BCUT2D eigenvalue weighted by Gasteiger charge is 2.34. The molecular formula is C20H26F3N3O3. The zero-order chi connectivity index (χ0) is 21.0. The molecule has 6 nitrogen and oxygen atoms in total. The first-order valence-corrected chi connectivity index (χ1v) is 9.72. The minimum absolute atomic E-state index is 0.0240. The molecule has 1 aliphatic heterocycles. The summed E-state index contributed by atoms with van der Waals surface area (Å²) < 4.78 is 43.1. The van der Waals surface area contributed by atoms with Gasteiger partial charge in [-0.25, -0.2) is 0 Å². The fraction of sp³-hybridized carbons (Fsp3) is 0.600. The van der Waals surface area contributed by atoms with Crippen molar-refractivity contribution >= 4 is 11.8 Å². The molecule has 2 fully saturated rings. The number of rotatable bonds is 7. The Hall–Kier alpha value is -2.13. The molecule has 160 valence electrons. The van der Waals surface area contributed by atoms with E-state index in [-0.39, 0.29) is 31.0 Å². The van der Waals surface area contributed by atoms with E-state index in [1.165, 1.54) is 19.2 Å². The van der Waals surface area contributed by atoms with Gasteiger partial charge in [-0.2, -0.15) is 13.2 Å². The van der Waals surface area contributed by atoms with Crippen LogP contribution in [0, 0.1) is 0 Å². The van der Waals surface area contributed by atoms with Gasteiger partial charge in [-0.05, 0) is 30.5 Å². The third-order valence-electron chi connectivity index (χ3n) is 5.29. The maximum Gasteiger partial charge on any atom is 0.416 e. The summed E-state index contributed by atoms with van der Waals surface area (Å²) in [7, 11) is 1.48. The minimum atomic E-state index is -4.36. The zero-order valence-electron chi connectivity index (χ0n) is 16.5. The first-order chi connectivity index (χ1) is 13.8. The van der Waals surface area contributed by atoms with Crippen LogP contribution in [-0.2, 0) is 27.0 Å². The number of carbonyl (C=O) groups excluding carboxylic acids is 2. The van der Waals surface area contributed by atoms with E-state index in [1.807, 2.05) is 4.90 Å². The van der Waals surface area contributed by atoms with E-state index in [0.29, 0.717) is 38.3 Å². The molecule has 0 spiro atoms. The van der Waals surface area contributed by atoms with Gasteiger partial charge in [0.05, 0.1) is 12.1 Å². The molecule has 0 aromatic heterocycles. The molecule has 0 unspecified atom stereocenters. The van der Waals surface area contributed by atoms with Crippen LogP contribution in [0.5, 0.6) is 0 Å². The van der Waals surface area contributed by atoms with E-state index in [2.05, 4.69) is 0 Å². The van der Waals surface area contributed by atoms with Gasteiger partial charge in [0.2, 0.25) is 11.8 Å². The highest BCUT2D eigenvalue weighted by Crippen LogP contribution is 2.31. The number of amides is 2. The number of alkyl halides is 3. The molecule has 0 radical (unpaired) electrons. The lowest BCUT2D eigenvalue weighted by Crippen LogP contribution is -2.52. The fourth-order valence-electron chi connectivity index (χ4n) is 3.46. The summed E-state index contributed by atoms with van der Waals surface area (Å²) in [6.45, 7) is 2.95. The number of ether oxygens (including phenoxy) is 1. The third-order valence-corrected chi connectivity index (χ3v) is 5.29. The van der Waals surface area contributed by atoms with Crippen LogP contribution in [0.1, 0.15) is 24.0 Å². The lowest BCUT2D eigenvalue weighted by atomic mass is 10.1. The van der Waals surface area contributed by atoms with Crippen LogP contribution in [0.4, 0.5) is 13.2 Å². The van der Waals surface area contributed by atoms with Gasteiger partial charge < -0.3 is 14.5 Å². The molecule has 0 bridgehead atoms. The fourth-order valence-corrected chi connectivity index (χ4v) is 3.46. The van der Waals surface area contributed by atoms with E-state index in [0.717, 1.165) is 25.0 Å². The number of halogens is 3.